The summed E-state index contributed by atoms with van der Waals surface area (Å²) in [6.07, 6.45) is 7.36. The molecule has 5 heterocycles. The lowest BCUT2D eigenvalue weighted by Crippen LogP contribution is -2.45. The Hall–Kier alpha value is -4.21. The second kappa shape index (κ2) is 13.4. The minimum absolute atomic E-state index is 0.122. The standard InChI is InChI=1S/C39H46FN3O5/c1-25-21-33-41-31-24-43(33)36(34(25)35(37(44)45-7)48-38(3,4)5)42-18-16-39(6,17-19-42)46-20-9-8-11-26(2)47-32-15-14-29(40)23-30(32)27-12-10-13-28(31)22-27/h8-10,12-15,21-24,26,35H,11,16-20H2,1-7H3/t26-,35-/m0/s1. The largest absolute Gasteiger partial charge is 0.490 e. The number of imidazole rings is 1. The monoisotopic (exact) mass is 655 g/mol. The van der Waals surface area contributed by atoms with Crippen LogP contribution < -0.4 is 9.64 Å². The summed E-state index contributed by atoms with van der Waals surface area (Å²) < 4.78 is 41.2. The van der Waals surface area contributed by atoms with Gasteiger partial charge in [-0.2, -0.15) is 0 Å². The maximum atomic E-state index is 14.6. The van der Waals surface area contributed by atoms with Crippen LogP contribution in [0.4, 0.5) is 10.2 Å². The summed E-state index contributed by atoms with van der Waals surface area (Å²) in [6.45, 7) is 13.9. The minimum Gasteiger partial charge on any atom is -0.490 e. The lowest BCUT2D eigenvalue weighted by Gasteiger charge is -2.41. The number of benzene rings is 2. The molecule has 3 aliphatic heterocycles. The molecule has 6 bridgehead atoms. The topological polar surface area (TPSA) is 74.5 Å². The first-order chi connectivity index (χ1) is 22.8. The molecule has 0 saturated carbocycles. The van der Waals surface area contributed by atoms with Gasteiger partial charge in [0.05, 0.1) is 36.7 Å². The van der Waals surface area contributed by atoms with Crippen LogP contribution in [-0.4, -0.2) is 59.5 Å². The highest BCUT2D eigenvalue weighted by Gasteiger charge is 2.37. The Bertz CT molecular complexity index is 1830. The zero-order valence-electron chi connectivity index (χ0n) is 29.0. The van der Waals surface area contributed by atoms with Gasteiger partial charge in [-0.3, -0.25) is 4.40 Å². The van der Waals surface area contributed by atoms with Crippen LogP contribution in [0.1, 0.15) is 71.1 Å². The van der Waals surface area contributed by atoms with Gasteiger partial charge in [0.15, 0.2) is 6.10 Å². The number of hydrogen-bond acceptors (Lipinski definition) is 7. The van der Waals surface area contributed by atoms with Crippen LogP contribution in [-0.2, 0) is 19.0 Å². The van der Waals surface area contributed by atoms with Crippen molar-refractivity contribution in [2.45, 2.75) is 84.2 Å². The number of aromatic nitrogens is 2. The minimum atomic E-state index is -0.947. The molecule has 7 rings (SSSR count). The lowest BCUT2D eigenvalue weighted by molar-refractivity contribution is -0.164. The molecule has 0 N–H and O–H groups in total. The molecule has 4 aromatic rings. The van der Waals surface area contributed by atoms with Gasteiger partial charge in [0, 0.05) is 42.4 Å². The van der Waals surface area contributed by atoms with Crippen molar-refractivity contribution in [2.24, 2.45) is 0 Å². The number of aryl methyl sites for hydroxylation is 1. The highest BCUT2D eigenvalue weighted by molar-refractivity contribution is 5.81. The third-order valence-electron chi connectivity index (χ3n) is 9.14. The Morgan fingerprint density at radius 2 is 1.83 bits per heavy atom. The van der Waals surface area contributed by atoms with E-state index in [1.54, 1.807) is 6.07 Å². The summed E-state index contributed by atoms with van der Waals surface area (Å²) in [5.41, 5.74) is 4.58. The number of carbonyl (C=O) groups excluding carboxylic acids is 1. The highest BCUT2D eigenvalue weighted by Crippen LogP contribution is 2.40. The van der Waals surface area contributed by atoms with Crippen molar-refractivity contribution in [1.29, 1.82) is 0 Å². The number of halogens is 1. The predicted molar refractivity (Wildman–Crippen MR) is 186 cm³/mol. The fraction of sp³-hybridized carbons (Fsp3) is 0.436. The molecule has 9 heteroatoms. The maximum Gasteiger partial charge on any atom is 0.339 e. The average Bonchev–Trinajstić information content (AvgIpc) is 3.47. The molecule has 1 saturated heterocycles. The van der Waals surface area contributed by atoms with Crippen LogP contribution in [0.2, 0.25) is 0 Å². The van der Waals surface area contributed by atoms with E-state index >= 15 is 0 Å². The fourth-order valence-corrected chi connectivity index (χ4v) is 6.60. The fourth-order valence-electron chi connectivity index (χ4n) is 6.60. The van der Waals surface area contributed by atoms with Crippen molar-refractivity contribution in [3.05, 3.63) is 83.8 Å². The molecule has 0 aliphatic carbocycles. The number of carbonyl (C=O) groups is 1. The summed E-state index contributed by atoms with van der Waals surface area (Å²) in [6, 6.07) is 14.6. The number of pyridine rings is 1. The molecule has 0 unspecified atom stereocenters. The summed E-state index contributed by atoms with van der Waals surface area (Å²) in [7, 11) is 1.39. The quantitative estimate of drug-likeness (QED) is 0.163. The summed E-state index contributed by atoms with van der Waals surface area (Å²) in [5.74, 6) is 0.675. The van der Waals surface area contributed by atoms with Crippen LogP contribution in [0.5, 0.6) is 5.75 Å². The van der Waals surface area contributed by atoms with Crippen LogP contribution in [0, 0.1) is 12.7 Å². The molecule has 254 valence electrons. The number of rotatable bonds is 3. The van der Waals surface area contributed by atoms with E-state index in [1.807, 2.05) is 77.2 Å². The van der Waals surface area contributed by atoms with E-state index in [0.717, 1.165) is 52.3 Å². The third kappa shape index (κ3) is 7.12. The third-order valence-corrected chi connectivity index (χ3v) is 9.14. The van der Waals surface area contributed by atoms with Crippen molar-refractivity contribution in [3.63, 3.8) is 0 Å². The van der Waals surface area contributed by atoms with E-state index in [0.29, 0.717) is 37.4 Å². The second-order valence-corrected chi connectivity index (χ2v) is 14.2. The van der Waals surface area contributed by atoms with Gasteiger partial charge in [0.1, 0.15) is 23.0 Å². The summed E-state index contributed by atoms with van der Waals surface area (Å²) in [4.78, 5) is 20.8. The van der Waals surface area contributed by atoms with Gasteiger partial charge in [0.2, 0.25) is 0 Å². The maximum absolute atomic E-state index is 14.6. The normalized spacial score (nSPS) is 20.8. The lowest BCUT2D eigenvalue weighted by atomic mass is 9.92. The number of nitrogens with zero attached hydrogens (tertiary/aromatic N) is 3. The van der Waals surface area contributed by atoms with Gasteiger partial charge in [0.25, 0.3) is 0 Å². The number of hydrogen-bond donors (Lipinski definition) is 0. The Kier molecular flexibility index (Phi) is 9.37. The van der Waals surface area contributed by atoms with E-state index in [2.05, 4.69) is 22.3 Å². The van der Waals surface area contributed by atoms with Gasteiger partial charge in [-0.05, 0) is 95.8 Å². The van der Waals surface area contributed by atoms with Crippen LogP contribution >= 0.6 is 0 Å². The molecule has 3 aliphatic rings. The van der Waals surface area contributed by atoms with Gasteiger partial charge < -0.3 is 23.8 Å². The number of piperidine rings is 1. The first-order valence-corrected chi connectivity index (χ1v) is 16.7. The van der Waals surface area contributed by atoms with E-state index in [-0.39, 0.29) is 17.5 Å². The molecule has 1 fully saturated rings. The van der Waals surface area contributed by atoms with Crippen molar-refractivity contribution in [1.82, 2.24) is 9.38 Å². The van der Waals surface area contributed by atoms with Gasteiger partial charge in [-0.15, -0.1) is 0 Å². The number of methoxy groups -OCH3 is 1. The Morgan fingerprint density at radius 3 is 2.56 bits per heavy atom. The van der Waals surface area contributed by atoms with Crippen LogP contribution in [0.3, 0.4) is 0 Å². The van der Waals surface area contributed by atoms with E-state index in [1.165, 1.54) is 19.2 Å². The molecule has 8 nitrogen and oxygen atoms in total. The zero-order valence-corrected chi connectivity index (χ0v) is 29.0. The number of esters is 1. The molecule has 48 heavy (non-hydrogen) atoms. The van der Waals surface area contributed by atoms with Crippen molar-refractivity contribution < 1.29 is 28.1 Å². The smallest absolute Gasteiger partial charge is 0.339 e. The molecule has 0 spiro atoms. The average molecular weight is 656 g/mol. The van der Waals surface area contributed by atoms with Gasteiger partial charge >= 0.3 is 5.97 Å². The molecular weight excluding hydrogens is 609 g/mol. The van der Waals surface area contributed by atoms with Gasteiger partial charge in [-0.25, -0.2) is 14.2 Å². The van der Waals surface area contributed by atoms with E-state index in [4.69, 9.17) is 23.9 Å². The zero-order chi connectivity index (χ0) is 34.2. The summed E-state index contributed by atoms with van der Waals surface area (Å²) in [5, 5.41) is 0. The molecule has 2 aromatic heterocycles. The molecular formula is C39H46FN3O5. The molecule has 2 aromatic carbocycles. The molecule has 0 amide bonds. The van der Waals surface area contributed by atoms with Crippen molar-refractivity contribution in [3.8, 4) is 28.1 Å². The Morgan fingerprint density at radius 1 is 1.08 bits per heavy atom. The van der Waals surface area contributed by atoms with E-state index in [9.17, 15) is 9.18 Å². The van der Waals surface area contributed by atoms with E-state index < -0.39 is 17.7 Å². The number of fused-ring (bicyclic) bond motifs is 7. The summed E-state index contributed by atoms with van der Waals surface area (Å²) >= 11 is 0. The van der Waals surface area contributed by atoms with Crippen molar-refractivity contribution in [2.75, 3.05) is 31.7 Å². The highest BCUT2D eigenvalue weighted by atomic mass is 19.1. The second-order valence-electron chi connectivity index (χ2n) is 14.2. The van der Waals surface area contributed by atoms with Crippen LogP contribution in [0.15, 0.2) is 66.9 Å². The SMILES string of the molecule is COC(=O)[C@@H](OC(C)(C)C)c1c(C)cc2nc3cn2c1N1CCC(C)(CC1)OCC=CC[C@H](C)Oc1ccc(F)cc1-c1cccc-3c1. The molecule has 0 radical (unpaired) electrons. The first kappa shape index (κ1) is 33.7. The Balaban J connectivity index is 1.55. The van der Waals surface area contributed by atoms with Crippen LogP contribution in [0.25, 0.3) is 28.0 Å². The molecule has 2 atom stereocenters. The first-order valence-electron chi connectivity index (χ1n) is 16.7. The predicted octanol–water partition coefficient (Wildman–Crippen LogP) is 8.25. The number of ether oxygens (including phenoxy) is 4. The van der Waals surface area contributed by atoms with Gasteiger partial charge in [-0.1, -0.05) is 30.4 Å². The van der Waals surface area contributed by atoms with Crippen molar-refractivity contribution >= 4 is 17.4 Å². The Labute approximate surface area is 282 Å². The number of anilines is 1.